The van der Waals surface area contributed by atoms with Crippen LogP contribution < -0.4 is 15.4 Å². The molecule has 2 rings (SSSR count). The summed E-state index contributed by atoms with van der Waals surface area (Å²) in [5.74, 6) is -0.550. The molecule has 0 fully saturated rings. The van der Waals surface area contributed by atoms with E-state index in [1.54, 1.807) is 19.1 Å². The Labute approximate surface area is 167 Å². The lowest BCUT2D eigenvalue weighted by molar-refractivity contribution is -0.385. The zero-order valence-electron chi connectivity index (χ0n) is 15.5. The highest BCUT2D eigenvalue weighted by Gasteiger charge is 2.17. The summed E-state index contributed by atoms with van der Waals surface area (Å²) < 4.78 is 26.7. The van der Waals surface area contributed by atoms with Crippen LogP contribution in [0.5, 0.6) is 0 Å². The van der Waals surface area contributed by atoms with Gasteiger partial charge in [0, 0.05) is 42.9 Å². The van der Waals surface area contributed by atoms with Crippen LogP contribution in [-0.2, 0) is 14.8 Å². The number of nitrogens with zero attached hydrogens (tertiary/aromatic N) is 1. The van der Waals surface area contributed by atoms with Gasteiger partial charge in [-0.2, -0.15) is 0 Å². The molecule has 0 heterocycles. The summed E-state index contributed by atoms with van der Waals surface area (Å²) in [6.07, 6.45) is 0.342. The van der Waals surface area contributed by atoms with Crippen LogP contribution in [0, 0.1) is 10.1 Å². The van der Waals surface area contributed by atoms with Crippen molar-refractivity contribution in [1.29, 1.82) is 0 Å². The predicted octanol–water partition coefficient (Wildman–Crippen LogP) is 1.65. The molecule has 0 aliphatic heterocycles. The van der Waals surface area contributed by atoms with Crippen LogP contribution in [0.15, 0.2) is 53.4 Å². The minimum absolute atomic E-state index is 0.0152. The number of carbonyl (C=O) groups is 2. The van der Waals surface area contributed by atoms with Gasteiger partial charge in [-0.3, -0.25) is 19.7 Å². The molecule has 0 aliphatic carbocycles. The number of hydrogen-bond acceptors (Lipinski definition) is 6. The summed E-state index contributed by atoms with van der Waals surface area (Å²) in [6, 6.07) is 10.9. The number of sulfonamides is 1. The van der Waals surface area contributed by atoms with Gasteiger partial charge in [-0.25, -0.2) is 13.1 Å². The zero-order valence-corrected chi connectivity index (χ0v) is 16.4. The van der Waals surface area contributed by atoms with E-state index < -0.39 is 20.9 Å². The lowest BCUT2D eigenvalue weighted by atomic mass is 10.2. The van der Waals surface area contributed by atoms with Crippen molar-refractivity contribution in [2.75, 3.05) is 18.4 Å². The van der Waals surface area contributed by atoms with Crippen LogP contribution in [0.1, 0.15) is 23.7 Å². The molecule has 0 spiro atoms. The first-order chi connectivity index (χ1) is 13.7. The topological polar surface area (TPSA) is 148 Å². The van der Waals surface area contributed by atoms with Crippen LogP contribution in [0.4, 0.5) is 11.4 Å². The number of amides is 2. The Balaban J connectivity index is 1.86. The number of anilines is 1. The highest BCUT2D eigenvalue weighted by atomic mass is 32.2. The first-order valence-corrected chi connectivity index (χ1v) is 10.1. The molecule has 0 atom stereocenters. The van der Waals surface area contributed by atoms with Crippen molar-refractivity contribution in [3.8, 4) is 0 Å². The van der Waals surface area contributed by atoms with Gasteiger partial charge in [-0.15, -0.1) is 0 Å². The van der Waals surface area contributed by atoms with Crippen LogP contribution in [0.3, 0.4) is 0 Å². The Morgan fingerprint density at radius 2 is 1.76 bits per heavy atom. The van der Waals surface area contributed by atoms with E-state index in [0.29, 0.717) is 17.7 Å². The maximum absolute atomic E-state index is 12.2. The third-order valence-corrected chi connectivity index (χ3v) is 5.25. The number of non-ortho nitro benzene ring substituents is 1. The molecule has 0 unspecified atom stereocenters. The third kappa shape index (κ3) is 6.36. The van der Waals surface area contributed by atoms with Gasteiger partial charge in [-0.1, -0.05) is 13.0 Å². The van der Waals surface area contributed by atoms with Crippen molar-refractivity contribution in [3.63, 3.8) is 0 Å². The fourth-order valence-electron chi connectivity index (χ4n) is 2.27. The minimum atomic E-state index is -3.94. The fraction of sp³-hybridized carbons (Fsp3) is 0.222. The van der Waals surface area contributed by atoms with Crippen molar-refractivity contribution in [3.05, 3.63) is 64.2 Å². The number of nitrogens with one attached hydrogen (secondary N) is 3. The second-order valence-corrected chi connectivity index (χ2v) is 7.65. The lowest BCUT2D eigenvalue weighted by Gasteiger charge is -2.09. The van der Waals surface area contributed by atoms with Gasteiger partial charge in [0.05, 0.1) is 9.82 Å². The first-order valence-electron chi connectivity index (χ1n) is 8.65. The molecule has 0 radical (unpaired) electrons. The number of carbonyl (C=O) groups excluding carboxylic acids is 2. The van der Waals surface area contributed by atoms with Gasteiger partial charge in [0.2, 0.25) is 15.9 Å². The SMILES string of the molecule is CCC(=O)Nc1ccc(C(=O)NCCNS(=O)(=O)c2cccc([N+](=O)[O-])c2)cc1. The quantitative estimate of drug-likeness (QED) is 0.319. The largest absolute Gasteiger partial charge is 0.351 e. The van der Waals surface area contributed by atoms with Crippen molar-refractivity contribution in [1.82, 2.24) is 10.0 Å². The van der Waals surface area contributed by atoms with Crippen molar-refractivity contribution in [2.24, 2.45) is 0 Å². The second-order valence-electron chi connectivity index (χ2n) is 5.89. The smallest absolute Gasteiger partial charge is 0.270 e. The molecule has 2 aromatic rings. The van der Waals surface area contributed by atoms with Gasteiger partial charge in [0.15, 0.2) is 0 Å². The summed E-state index contributed by atoms with van der Waals surface area (Å²) in [5.41, 5.74) is 0.582. The maximum atomic E-state index is 12.2. The Morgan fingerprint density at radius 1 is 1.07 bits per heavy atom. The first kappa shape index (κ1) is 22.0. The highest BCUT2D eigenvalue weighted by molar-refractivity contribution is 7.89. The average molecular weight is 420 g/mol. The molecule has 3 N–H and O–H groups in total. The van der Waals surface area contributed by atoms with E-state index in [2.05, 4.69) is 15.4 Å². The summed E-state index contributed by atoms with van der Waals surface area (Å²) in [6.45, 7) is 1.65. The standard InChI is InChI=1S/C18H20N4O6S/c1-2-17(23)21-14-8-6-13(7-9-14)18(24)19-10-11-20-29(27,28)16-5-3-4-15(12-16)22(25)26/h3-9,12,20H,2,10-11H2,1H3,(H,19,24)(H,21,23). The van der Waals surface area contributed by atoms with Crippen molar-refractivity contribution >= 4 is 33.2 Å². The molecule has 29 heavy (non-hydrogen) atoms. The Hall–Kier alpha value is -3.31. The van der Waals surface area contributed by atoms with Crippen molar-refractivity contribution in [2.45, 2.75) is 18.2 Å². The van der Waals surface area contributed by atoms with Crippen LogP contribution >= 0.6 is 0 Å². The van der Waals surface area contributed by atoms with E-state index in [4.69, 9.17) is 0 Å². The number of hydrogen-bond donors (Lipinski definition) is 3. The molecule has 0 saturated heterocycles. The molecule has 2 aromatic carbocycles. The molecule has 0 aromatic heterocycles. The molecule has 11 heteroatoms. The van der Waals surface area contributed by atoms with Gasteiger partial charge >= 0.3 is 0 Å². The maximum Gasteiger partial charge on any atom is 0.270 e. The molecular formula is C18H20N4O6S. The summed E-state index contributed by atoms with van der Waals surface area (Å²) in [5, 5.41) is 16.0. The Morgan fingerprint density at radius 3 is 2.38 bits per heavy atom. The van der Waals surface area contributed by atoms with Gasteiger partial charge in [0.1, 0.15) is 0 Å². The Bertz CT molecular complexity index is 1010. The second kappa shape index (κ2) is 9.75. The number of nitro benzene ring substituents is 1. The molecule has 154 valence electrons. The van der Waals surface area contributed by atoms with Gasteiger partial charge in [-0.05, 0) is 30.3 Å². The number of benzene rings is 2. The van der Waals surface area contributed by atoms with Crippen LogP contribution in [-0.4, -0.2) is 38.2 Å². The highest BCUT2D eigenvalue weighted by Crippen LogP contribution is 2.17. The number of rotatable bonds is 9. The molecular weight excluding hydrogens is 400 g/mol. The molecule has 2 amide bonds. The summed E-state index contributed by atoms with van der Waals surface area (Å²) >= 11 is 0. The van der Waals surface area contributed by atoms with Crippen molar-refractivity contribution < 1.29 is 22.9 Å². The van der Waals surface area contributed by atoms with E-state index in [1.807, 2.05) is 0 Å². The predicted molar refractivity (Wildman–Crippen MR) is 106 cm³/mol. The monoisotopic (exact) mass is 420 g/mol. The zero-order chi connectivity index (χ0) is 21.4. The minimum Gasteiger partial charge on any atom is -0.351 e. The van der Waals surface area contributed by atoms with Crippen LogP contribution in [0.25, 0.3) is 0 Å². The fourth-order valence-corrected chi connectivity index (χ4v) is 3.34. The normalized spacial score (nSPS) is 10.9. The van der Waals surface area contributed by atoms with E-state index in [0.717, 1.165) is 6.07 Å². The van der Waals surface area contributed by atoms with E-state index in [-0.39, 0.29) is 29.6 Å². The number of nitro groups is 1. The third-order valence-electron chi connectivity index (χ3n) is 3.79. The van der Waals surface area contributed by atoms with E-state index in [9.17, 15) is 28.1 Å². The molecule has 0 aliphatic rings. The van der Waals surface area contributed by atoms with Gasteiger partial charge < -0.3 is 10.6 Å². The average Bonchev–Trinajstić information content (AvgIpc) is 2.71. The molecule has 0 bridgehead atoms. The van der Waals surface area contributed by atoms with Gasteiger partial charge in [0.25, 0.3) is 11.6 Å². The van der Waals surface area contributed by atoms with E-state index in [1.165, 1.54) is 30.3 Å². The lowest BCUT2D eigenvalue weighted by Crippen LogP contribution is -2.34. The van der Waals surface area contributed by atoms with E-state index >= 15 is 0 Å². The molecule has 10 nitrogen and oxygen atoms in total. The van der Waals surface area contributed by atoms with Crippen LogP contribution in [0.2, 0.25) is 0 Å². The Kier molecular flexibility index (Phi) is 7.39. The summed E-state index contributed by atoms with van der Waals surface area (Å²) in [7, 11) is -3.94. The summed E-state index contributed by atoms with van der Waals surface area (Å²) in [4.78, 5) is 33.3. The molecule has 0 saturated carbocycles.